The maximum atomic E-state index is 12.6. The molecule has 116 valence electrons. The summed E-state index contributed by atoms with van der Waals surface area (Å²) >= 11 is 9.31. The number of nitrogens with two attached hydrogens (primary N) is 1. The van der Waals surface area contributed by atoms with Crippen molar-refractivity contribution in [3.63, 3.8) is 0 Å². The van der Waals surface area contributed by atoms with E-state index in [2.05, 4.69) is 21.1 Å². The SMILES string of the molecule is CC(C)CN(CC/C(N)=N/O)C(=O)c1cc(Cl)cc(Br)c1. The summed E-state index contributed by atoms with van der Waals surface area (Å²) < 4.78 is 0.749. The van der Waals surface area contributed by atoms with Crippen LogP contribution in [0.5, 0.6) is 0 Å². The Balaban J connectivity index is 2.93. The normalized spacial score (nSPS) is 11.8. The molecule has 5 nitrogen and oxygen atoms in total. The van der Waals surface area contributed by atoms with Gasteiger partial charge in [0.15, 0.2) is 0 Å². The number of hydrogen-bond donors (Lipinski definition) is 2. The molecule has 0 atom stereocenters. The monoisotopic (exact) mass is 375 g/mol. The van der Waals surface area contributed by atoms with Crippen LogP contribution in [0, 0.1) is 5.92 Å². The topological polar surface area (TPSA) is 78.9 Å². The van der Waals surface area contributed by atoms with Crippen molar-refractivity contribution in [1.82, 2.24) is 4.90 Å². The number of carbonyl (C=O) groups excluding carboxylic acids is 1. The van der Waals surface area contributed by atoms with Crippen molar-refractivity contribution in [1.29, 1.82) is 0 Å². The molecule has 0 bridgehead atoms. The fourth-order valence-electron chi connectivity index (χ4n) is 1.88. The molecule has 1 rings (SSSR count). The number of amidine groups is 1. The van der Waals surface area contributed by atoms with Crippen LogP contribution in [0.25, 0.3) is 0 Å². The highest BCUT2D eigenvalue weighted by Gasteiger charge is 2.18. The molecule has 1 amide bonds. The second-order valence-electron chi connectivity index (χ2n) is 5.14. The van der Waals surface area contributed by atoms with Gasteiger partial charge in [0.05, 0.1) is 0 Å². The molecule has 0 heterocycles. The molecule has 1 aromatic rings. The van der Waals surface area contributed by atoms with Gasteiger partial charge in [0.2, 0.25) is 0 Å². The summed E-state index contributed by atoms with van der Waals surface area (Å²) in [5.41, 5.74) is 5.98. The van der Waals surface area contributed by atoms with E-state index in [1.165, 1.54) is 0 Å². The summed E-state index contributed by atoms with van der Waals surface area (Å²) in [4.78, 5) is 14.3. The highest BCUT2D eigenvalue weighted by Crippen LogP contribution is 2.21. The molecule has 0 aliphatic carbocycles. The fraction of sp³-hybridized carbons (Fsp3) is 0.429. The Kier molecular flexibility index (Phi) is 6.98. The molecule has 1 aromatic carbocycles. The van der Waals surface area contributed by atoms with E-state index in [4.69, 9.17) is 22.5 Å². The Morgan fingerprint density at radius 1 is 1.48 bits per heavy atom. The standard InChI is InChI=1S/C14H19BrClN3O2/c1-9(2)8-19(4-3-13(17)18-21)14(20)10-5-11(15)7-12(16)6-10/h5-7,9,21H,3-4,8H2,1-2H3,(H2,17,18). The van der Waals surface area contributed by atoms with Gasteiger partial charge in [0.1, 0.15) is 5.84 Å². The molecule has 3 N–H and O–H groups in total. The van der Waals surface area contributed by atoms with Crippen molar-refractivity contribution in [2.45, 2.75) is 20.3 Å². The van der Waals surface area contributed by atoms with Gasteiger partial charge in [-0.2, -0.15) is 0 Å². The first kappa shape index (κ1) is 17.8. The summed E-state index contributed by atoms with van der Waals surface area (Å²) in [6, 6.07) is 5.08. The minimum atomic E-state index is -0.127. The average molecular weight is 377 g/mol. The molecular formula is C14H19BrClN3O2. The zero-order chi connectivity index (χ0) is 16.0. The average Bonchev–Trinajstić information content (AvgIpc) is 2.40. The first-order valence-corrected chi connectivity index (χ1v) is 7.72. The minimum absolute atomic E-state index is 0.101. The second kappa shape index (κ2) is 8.24. The summed E-state index contributed by atoms with van der Waals surface area (Å²) in [5, 5.41) is 12.0. The maximum Gasteiger partial charge on any atom is 0.253 e. The number of amides is 1. The Morgan fingerprint density at radius 3 is 2.67 bits per heavy atom. The molecule has 0 fully saturated rings. The van der Waals surface area contributed by atoms with Gasteiger partial charge in [-0.15, -0.1) is 0 Å². The first-order valence-electron chi connectivity index (χ1n) is 6.55. The van der Waals surface area contributed by atoms with E-state index >= 15 is 0 Å². The Bertz CT molecular complexity index is 515. The van der Waals surface area contributed by atoms with Crippen LogP contribution in [0.3, 0.4) is 0 Å². The molecule has 21 heavy (non-hydrogen) atoms. The van der Waals surface area contributed by atoms with Crippen LogP contribution in [0.15, 0.2) is 27.8 Å². The molecule has 0 saturated carbocycles. The number of hydrogen-bond acceptors (Lipinski definition) is 3. The van der Waals surface area contributed by atoms with Gasteiger partial charge in [0.25, 0.3) is 5.91 Å². The van der Waals surface area contributed by atoms with E-state index in [-0.39, 0.29) is 11.7 Å². The van der Waals surface area contributed by atoms with E-state index in [1.54, 1.807) is 23.1 Å². The van der Waals surface area contributed by atoms with Crippen LogP contribution >= 0.6 is 27.5 Å². The lowest BCUT2D eigenvalue weighted by Crippen LogP contribution is -2.36. The van der Waals surface area contributed by atoms with E-state index in [0.29, 0.717) is 36.0 Å². The van der Waals surface area contributed by atoms with Crippen LogP contribution in [-0.2, 0) is 0 Å². The van der Waals surface area contributed by atoms with Crippen LogP contribution < -0.4 is 5.73 Å². The lowest BCUT2D eigenvalue weighted by Gasteiger charge is -2.24. The third kappa shape index (κ3) is 5.93. The number of halogens is 2. The van der Waals surface area contributed by atoms with Crippen molar-refractivity contribution >= 4 is 39.3 Å². The minimum Gasteiger partial charge on any atom is -0.409 e. The lowest BCUT2D eigenvalue weighted by atomic mass is 10.1. The molecule has 0 radical (unpaired) electrons. The molecule has 7 heteroatoms. The Labute approximate surface area is 137 Å². The van der Waals surface area contributed by atoms with Gasteiger partial charge < -0.3 is 15.8 Å². The molecule has 0 unspecified atom stereocenters. The molecule has 0 spiro atoms. The lowest BCUT2D eigenvalue weighted by molar-refractivity contribution is 0.0740. The van der Waals surface area contributed by atoms with Crippen LogP contribution in [0.4, 0.5) is 0 Å². The van der Waals surface area contributed by atoms with Gasteiger partial charge in [-0.3, -0.25) is 4.79 Å². The van der Waals surface area contributed by atoms with Crippen molar-refractivity contribution in [3.8, 4) is 0 Å². The van der Waals surface area contributed by atoms with Crippen molar-refractivity contribution in [2.75, 3.05) is 13.1 Å². The fourth-order valence-corrected chi connectivity index (χ4v) is 2.74. The number of rotatable bonds is 6. The quantitative estimate of drug-likeness (QED) is 0.346. The van der Waals surface area contributed by atoms with Crippen molar-refractivity contribution in [3.05, 3.63) is 33.3 Å². The summed E-state index contributed by atoms with van der Waals surface area (Å²) in [5.74, 6) is 0.283. The number of benzene rings is 1. The van der Waals surface area contributed by atoms with E-state index in [1.807, 2.05) is 13.8 Å². The number of nitrogens with zero attached hydrogens (tertiary/aromatic N) is 2. The van der Waals surface area contributed by atoms with Crippen LogP contribution in [0.1, 0.15) is 30.6 Å². The predicted octanol–water partition coefficient (Wildman–Crippen LogP) is 3.34. The largest absolute Gasteiger partial charge is 0.409 e. The molecule has 0 aliphatic rings. The highest BCUT2D eigenvalue weighted by atomic mass is 79.9. The van der Waals surface area contributed by atoms with E-state index in [9.17, 15) is 4.79 Å². The van der Waals surface area contributed by atoms with Crippen LogP contribution in [0.2, 0.25) is 5.02 Å². The first-order chi connectivity index (χ1) is 9.83. The number of carbonyl (C=O) groups is 1. The van der Waals surface area contributed by atoms with Gasteiger partial charge in [-0.25, -0.2) is 0 Å². The van der Waals surface area contributed by atoms with Crippen molar-refractivity contribution in [2.24, 2.45) is 16.8 Å². The summed E-state index contributed by atoms with van der Waals surface area (Å²) in [6.45, 7) is 5.02. The van der Waals surface area contributed by atoms with Gasteiger partial charge in [-0.05, 0) is 24.1 Å². The van der Waals surface area contributed by atoms with Crippen LogP contribution in [-0.4, -0.2) is 34.9 Å². The zero-order valence-electron chi connectivity index (χ0n) is 12.0. The third-order valence-corrected chi connectivity index (χ3v) is 3.42. The number of oxime groups is 1. The van der Waals surface area contributed by atoms with E-state index in [0.717, 1.165) is 4.47 Å². The molecule has 0 aromatic heterocycles. The summed E-state index contributed by atoms with van der Waals surface area (Å²) in [7, 11) is 0. The predicted molar refractivity (Wildman–Crippen MR) is 87.9 cm³/mol. The molecule has 0 saturated heterocycles. The zero-order valence-corrected chi connectivity index (χ0v) is 14.4. The Morgan fingerprint density at radius 2 is 2.14 bits per heavy atom. The molecular weight excluding hydrogens is 358 g/mol. The van der Waals surface area contributed by atoms with Crippen molar-refractivity contribution < 1.29 is 10.0 Å². The maximum absolute atomic E-state index is 12.6. The van der Waals surface area contributed by atoms with Gasteiger partial charge >= 0.3 is 0 Å². The second-order valence-corrected chi connectivity index (χ2v) is 6.50. The van der Waals surface area contributed by atoms with Gasteiger partial charge in [0, 0.05) is 34.6 Å². The summed E-state index contributed by atoms with van der Waals surface area (Å²) in [6.07, 6.45) is 0.316. The Hall–Kier alpha value is -1.27. The highest BCUT2D eigenvalue weighted by molar-refractivity contribution is 9.10. The molecule has 0 aliphatic heterocycles. The third-order valence-electron chi connectivity index (χ3n) is 2.75. The van der Waals surface area contributed by atoms with E-state index < -0.39 is 0 Å². The van der Waals surface area contributed by atoms with Gasteiger partial charge in [-0.1, -0.05) is 46.5 Å². The smallest absolute Gasteiger partial charge is 0.253 e.